The summed E-state index contributed by atoms with van der Waals surface area (Å²) in [5, 5.41) is 26.9. The van der Waals surface area contributed by atoms with Crippen LogP contribution in [0.25, 0.3) is 0 Å². The molecule has 0 aromatic heterocycles. The normalized spacial score (nSPS) is 14.4. The molecule has 0 aliphatic carbocycles. The Kier molecular flexibility index (Phi) is 19.6. The minimum atomic E-state index is -3.57. The second kappa shape index (κ2) is 20.2. The number of nitrogens with zero attached hydrogens (tertiary/aromatic N) is 1. The molecule has 1 rings (SSSR count). The summed E-state index contributed by atoms with van der Waals surface area (Å²) in [4.78, 5) is 1.41. The van der Waals surface area contributed by atoms with E-state index in [1.54, 1.807) is 30.3 Å². The number of aliphatic hydroxyl groups excluding tert-OH is 3. The fourth-order valence-corrected chi connectivity index (χ4v) is 4.67. The van der Waals surface area contributed by atoms with Crippen LogP contribution in [-0.2, 0) is 14.3 Å². The molecule has 0 heterocycles. The first-order valence-electron chi connectivity index (χ1n) is 12.9. The zero-order chi connectivity index (χ0) is 25.8. The van der Waals surface area contributed by atoms with Gasteiger partial charge in [0.2, 0.25) is 0 Å². The third kappa shape index (κ3) is 16.6. The third-order valence-electron chi connectivity index (χ3n) is 5.56. The molecule has 0 saturated carbocycles. The van der Waals surface area contributed by atoms with E-state index in [1.165, 1.54) is 89.9 Å². The molecule has 0 spiro atoms. The van der Waals surface area contributed by atoms with Crippen LogP contribution in [-0.4, -0.2) is 53.9 Å². The van der Waals surface area contributed by atoms with Crippen LogP contribution in [0.1, 0.15) is 105 Å². The second-order valence-corrected chi connectivity index (χ2v) is 10.4. The van der Waals surface area contributed by atoms with Crippen LogP contribution < -0.4 is 0 Å². The van der Waals surface area contributed by atoms with Crippen LogP contribution in [0, 0.1) is 0 Å². The lowest BCUT2D eigenvalue weighted by molar-refractivity contribution is -0.159. The lowest BCUT2D eigenvalue weighted by Gasteiger charge is -2.30. The highest BCUT2D eigenvalue weighted by molar-refractivity contribution is 7.86. The molecule has 0 fully saturated rings. The number of unbranched alkanes of at least 4 members (excludes halogenated alkanes) is 11. The van der Waals surface area contributed by atoms with Crippen LogP contribution in [0.3, 0.4) is 0 Å². The SMILES string of the molecule is CC(O)N(C(C)O)C(C)O.CCCCCCCCCCCCCCOS(=O)(=O)c1ccccc1. The lowest BCUT2D eigenvalue weighted by Crippen LogP contribution is -2.45. The molecule has 8 heteroatoms. The maximum Gasteiger partial charge on any atom is 0.296 e. The van der Waals surface area contributed by atoms with Gasteiger partial charge in [0.1, 0.15) is 18.7 Å². The Morgan fingerprint density at radius 1 is 0.706 bits per heavy atom. The number of rotatable bonds is 18. The van der Waals surface area contributed by atoms with Crippen molar-refractivity contribution in [3.05, 3.63) is 30.3 Å². The van der Waals surface area contributed by atoms with Crippen LogP contribution in [0.2, 0.25) is 0 Å². The van der Waals surface area contributed by atoms with Crippen LogP contribution in [0.4, 0.5) is 0 Å². The minimum Gasteiger partial charge on any atom is -0.379 e. The Bertz CT molecular complexity index is 661. The standard InChI is InChI=1S/C20H34O3S.C6H15NO3/c1-2-3-4-5-6-7-8-9-10-11-12-16-19-23-24(21,22)20-17-14-13-15-18-20;1-4(8)7(5(2)9)6(3)10/h13-15,17-18H,2-12,16,19H2,1H3;4-6,8-10H,1-3H3. The van der Waals surface area contributed by atoms with Gasteiger partial charge in [0.15, 0.2) is 0 Å². The van der Waals surface area contributed by atoms with Gasteiger partial charge in [0.25, 0.3) is 10.1 Å². The molecule has 3 N–H and O–H groups in total. The van der Waals surface area contributed by atoms with Gasteiger partial charge in [-0.05, 0) is 39.3 Å². The van der Waals surface area contributed by atoms with Crippen molar-refractivity contribution in [1.29, 1.82) is 0 Å². The summed E-state index contributed by atoms with van der Waals surface area (Å²) >= 11 is 0. The quantitative estimate of drug-likeness (QED) is 0.140. The summed E-state index contributed by atoms with van der Waals surface area (Å²) < 4.78 is 28.9. The predicted molar refractivity (Wildman–Crippen MR) is 138 cm³/mol. The summed E-state index contributed by atoms with van der Waals surface area (Å²) in [5.41, 5.74) is 0. The first kappa shape index (κ1) is 33.0. The Labute approximate surface area is 208 Å². The van der Waals surface area contributed by atoms with Gasteiger partial charge >= 0.3 is 0 Å². The highest BCUT2D eigenvalue weighted by Gasteiger charge is 2.20. The molecule has 0 aliphatic rings. The molecular formula is C26H49NO6S. The largest absolute Gasteiger partial charge is 0.379 e. The van der Waals surface area contributed by atoms with Crippen molar-refractivity contribution < 1.29 is 27.9 Å². The van der Waals surface area contributed by atoms with E-state index < -0.39 is 28.8 Å². The molecule has 0 saturated heterocycles. The summed E-state index contributed by atoms with van der Waals surface area (Å²) in [7, 11) is -3.57. The monoisotopic (exact) mass is 503 g/mol. The highest BCUT2D eigenvalue weighted by atomic mass is 32.2. The van der Waals surface area contributed by atoms with E-state index in [0.29, 0.717) is 0 Å². The maximum absolute atomic E-state index is 11.9. The molecule has 0 bridgehead atoms. The van der Waals surface area contributed by atoms with Gasteiger partial charge in [-0.3, -0.25) is 4.18 Å². The summed E-state index contributed by atoms with van der Waals surface area (Å²) in [6.07, 6.45) is 12.6. The molecule has 34 heavy (non-hydrogen) atoms. The smallest absolute Gasteiger partial charge is 0.296 e. The van der Waals surface area contributed by atoms with Gasteiger partial charge in [0.05, 0.1) is 11.5 Å². The van der Waals surface area contributed by atoms with Crippen LogP contribution in [0.15, 0.2) is 35.2 Å². The fraction of sp³-hybridized carbons (Fsp3) is 0.769. The molecule has 0 amide bonds. The molecule has 0 aliphatic heterocycles. The Hall–Kier alpha value is -1.03. The van der Waals surface area contributed by atoms with Gasteiger partial charge in [0, 0.05) is 0 Å². The second-order valence-electron chi connectivity index (χ2n) is 8.82. The molecule has 200 valence electrons. The summed E-state index contributed by atoms with van der Waals surface area (Å²) in [6, 6.07) is 8.35. The zero-order valence-corrected chi connectivity index (χ0v) is 22.5. The van der Waals surface area contributed by atoms with Crippen molar-refractivity contribution in [2.75, 3.05) is 6.61 Å². The first-order valence-corrected chi connectivity index (χ1v) is 14.3. The highest BCUT2D eigenvalue weighted by Crippen LogP contribution is 2.14. The molecule has 1 aromatic carbocycles. The van der Waals surface area contributed by atoms with E-state index >= 15 is 0 Å². The van der Waals surface area contributed by atoms with E-state index in [4.69, 9.17) is 19.5 Å². The average molecular weight is 504 g/mol. The van der Waals surface area contributed by atoms with Crippen molar-refractivity contribution >= 4 is 10.1 Å². The zero-order valence-electron chi connectivity index (χ0n) is 21.7. The van der Waals surface area contributed by atoms with Crippen molar-refractivity contribution in [2.45, 2.75) is 128 Å². The number of hydrogen-bond donors (Lipinski definition) is 3. The number of benzene rings is 1. The van der Waals surface area contributed by atoms with E-state index in [-0.39, 0.29) is 11.5 Å². The summed E-state index contributed by atoms with van der Waals surface area (Å²) in [5.74, 6) is 0. The molecule has 3 atom stereocenters. The van der Waals surface area contributed by atoms with Crippen molar-refractivity contribution in [2.24, 2.45) is 0 Å². The van der Waals surface area contributed by atoms with Gasteiger partial charge in [-0.25, -0.2) is 4.90 Å². The maximum atomic E-state index is 11.9. The predicted octanol–water partition coefficient (Wildman–Crippen LogP) is 5.40. The van der Waals surface area contributed by atoms with Crippen LogP contribution in [0.5, 0.6) is 0 Å². The topological polar surface area (TPSA) is 107 Å². The van der Waals surface area contributed by atoms with Gasteiger partial charge in [-0.1, -0.05) is 95.8 Å². The van der Waals surface area contributed by atoms with Gasteiger partial charge in [-0.15, -0.1) is 0 Å². The Morgan fingerprint density at radius 2 is 1.09 bits per heavy atom. The van der Waals surface area contributed by atoms with Gasteiger partial charge < -0.3 is 15.3 Å². The van der Waals surface area contributed by atoms with E-state index in [9.17, 15) is 8.42 Å². The fourth-order valence-electron chi connectivity index (χ4n) is 3.70. The molecule has 0 radical (unpaired) electrons. The Morgan fingerprint density at radius 3 is 1.44 bits per heavy atom. The Balaban J connectivity index is 0.000000916. The summed E-state index contributed by atoms with van der Waals surface area (Å²) in [6.45, 7) is 7.00. The first-order chi connectivity index (χ1) is 16.1. The van der Waals surface area contributed by atoms with E-state index in [2.05, 4.69) is 6.92 Å². The van der Waals surface area contributed by atoms with Crippen LogP contribution >= 0.6 is 0 Å². The van der Waals surface area contributed by atoms with Crippen molar-refractivity contribution in [3.63, 3.8) is 0 Å². The van der Waals surface area contributed by atoms with E-state index in [1.807, 2.05) is 0 Å². The lowest BCUT2D eigenvalue weighted by atomic mass is 10.1. The average Bonchev–Trinajstić information content (AvgIpc) is 2.77. The molecule has 3 unspecified atom stereocenters. The van der Waals surface area contributed by atoms with Crippen molar-refractivity contribution in [3.8, 4) is 0 Å². The van der Waals surface area contributed by atoms with E-state index in [0.717, 1.165) is 12.8 Å². The van der Waals surface area contributed by atoms with Crippen molar-refractivity contribution in [1.82, 2.24) is 4.90 Å². The number of aliphatic hydroxyl groups is 3. The van der Waals surface area contributed by atoms with Gasteiger partial charge in [-0.2, -0.15) is 8.42 Å². The molecular weight excluding hydrogens is 454 g/mol. The molecule has 7 nitrogen and oxygen atoms in total. The molecule has 1 aromatic rings. The minimum absolute atomic E-state index is 0.240. The third-order valence-corrected chi connectivity index (χ3v) is 6.89. The number of hydrogen-bond acceptors (Lipinski definition) is 7.